The highest BCUT2D eigenvalue weighted by molar-refractivity contribution is 9.10. The first-order chi connectivity index (χ1) is 9.63. The van der Waals surface area contributed by atoms with Crippen LogP contribution in [-0.4, -0.2) is 31.9 Å². The van der Waals surface area contributed by atoms with Crippen molar-refractivity contribution >= 4 is 43.5 Å². The Balaban J connectivity index is 2.85. The largest absolute Gasteiger partial charge is 0.354 e. The first kappa shape index (κ1) is 18.3. The molecular weight excluding hydrogens is 382 g/mol. The van der Waals surface area contributed by atoms with E-state index in [2.05, 4.69) is 31.0 Å². The van der Waals surface area contributed by atoms with Crippen LogP contribution in [0.2, 0.25) is 5.15 Å². The number of halogens is 2. The minimum Gasteiger partial charge on any atom is -0.354 e. The van der Waals surface area contributed by atoms with Crippen LogP contribution in [0.4, 0.5) is 0 Å². The zero-order valence-electron chi connectivity index (χ0n) is 11.9. The fourth-order valence-corrected chi connectivity index (χ4v) is 3.55. The molecule has 6 nitrogen and oxygen atoms in total. The van der Waals surface area contributed by atoms with Gasteiger partial charge in [0.15, 0.2) is 0 Å². The van der Waals surface area contributed by atoms with Crippen LogP contribution >= 0.6 is 27.5 Å². The van der Waals surface area contributed by atoms with Gasteiger partial charge >= 0.3 is 0 Å². The van der Waals surface area contributed by atoms with Crippen LogP contribution in [0.3, 0.4) is 0 Å². The molecule has 0 aliphatic rings. The summed E-state index contributed by atoms with van der Waals surface area (Å²) >= 11 is 8.93. The number of hydrogen-bond donors (Lipinski definition) is 2. The monoisotopic (exact) mass is 397 g/mol. The van der Waals surface area contributed by atoms with Gasteiger partial charge in [0.2, 0.25) is 15.9 Å². The van der Waals surface area contributed by atoms with Crippen molar-refractivity contribution in [2.24, 2.45) is 5.92 Å². The number of sulfonamides is 1. The molecule has 1 heterocycles. The molecule has 1 amide bonds. The van der Waals surface area contributed by atoms with Crippen molar-refractivity contribution in [1.29, 1.82) is 0 Å². The highest BCUT2D eigenvalue weighted by Gasteiger charge is 2.24. The number of nitrogens with one attached hydrogen (secondary N) is 2. The summed E-state index contributed by atoms with van der Waals surface area (Å²) in [4.78, 5) is 15.4. The van der Waals surface area contributed by atoms with Gasteiger partial charge in [-0.1, -0.05) is 25.4 Å². The molecule has 0 saturated heterocycles. The Kier molecular flexibility index (Phi) is 6.58. The van der Waals surface area contributed by atoms with Crippen molar-refractivity contribution in [2.75, 3.05) is 6.54 Å². The lowest BCUT2D eigenvalue weighted by atomic mass is 10.2. The van der Waals surface area contributed by atoms with Gasteiger partial charge in [-0.05, 0) is 34.8 Å². The van der Waals surface area contributed by atoms with Crippen molar-refractivity contribution in [2.45, 2.75) is 31.7 Å². The number of aromatic nitrogens is 1. The van der Waals surface area contributed by atoms with E-state index in [1.165, 1.54) is 19.2 Å². The zero-order chi connectivity index (χ0) is 16.2. The lowest BCUT2D eigenvalue weighted by molar-refractivity contribution is -0.122. The molecule has 1 rings (SSSR count). The van der Waals surface area contributed by atoms with Crippen molar-refractivity contribution in [1.82, 2.24) is 15.0 Å². The van der Waals surface area contributed by atoms with E-state index in [0.29, 0.717) is 11.0 Å². The van der Waals surface area contributed by atoms with E-state index < -0.39 is 22.0 Å². The first-order valence-corrected chi connectivity index (χ1v) is 8.90. The molecule has 1 atom stereocenters. The van der Waals surface area contributed by atoms with Gasteiger partial charge in [0.1, 0.15) is 10.0 Å². The Morgan fingerprint density at radius 3 is 2.62 bits per heavy atom. The lowest BCUT2D eigenvalue weighted by Gasteiger charge is -2.15. The Hall–Kier alpha value is -0.700. The molecule has 0 aliphatic carbocycles. The van der Waals surface area contributed by atoms with Crippen LogP contribution in [-0.2, 0) is 14.8 Å². The highest BCUT2D eigenvalue weighted by atomic mass is 79.9. The SMILES string of the molecule is CC(C)CNC(=O)C(C)NS(=O)(=O)c1cc(Br)cnc1Cl. The summed E-state index contributed by atoms with van der Waals surface area (Å²) in [6, 6.07) is 0.417. The number of rotatable bonds is 6. The molecule has 0 spiro atoms. The normalized spacial score (nSPS) is 13.2. The predicted octanol–water partition coefficient (Wildman–Crippen LogP) is 1.94. The molecule has 1 unspecified atom stereocenters. The molecule has 0 aliphatic heterocycles. The van der Waals surface area contributed by atoms with E-state index in [4.69, 9.17) is 11.6 Å². The summed E-state index contributed by atoms with van der Waals surface area (Å²) in [5.74, 6) is -0.118. The number of pyridine rings is 1. The fourth-order valence-electron chi connectivity index (χ4n) is 1.40. The molecule has 118 valence electrons. The Morgan fingerprint density at radius 1 is 1.43 bits per heavy atom. The Labute approximate surface area is 137 Å². The summed E-state index contributed by atoms with van der Waals surface area (Å²) in [5, 5.41) is 2.51. The molecule has 0 radical (unpaired) electrons. The molecule has 0 fully saturated rings. The van der Waals surface area contributed by atoms with E-state index in [0.717, 1.165) is 0 Å². The first-order valence-electron chi connectivity index (χ1n) is 6.24. The van der Waals surface area contributed by atoms with Crippen molar-refractivity contribution in [3.63, 3.8) is 0 Å². The fraction of sp³-hybridized carbons (Fsp3) is 0.500. The number of carbonyl (C=O) groups is 1. The molecule has 1 aromatic rings. The lowest BCUT2D eigenvalue weighted by Crippen LogP contribution is -2.45. The minimum absolute atomic E-state index is 0.152. The molecule has 21 heavy (non-hydrogen) atoms. The molecule has 0 aromatic carbocycles. The van der Waals surface area contributed by atoms with Gasteiger partial charge in [0.25, 0.3) is 0 Å². The van der Waals surface area contributed by atoms with Gasteiger partial charge in [-0.25, -0.2) is 13.4 Å². The summed E-state index contributed by atoms with van der Waals surface area (Å²) in [6.45, 7) is 5.83. The van der Waals surface area contributed by atoms with E-state index >= 15 is 0 Å². The smallest absolute Gasteiger partial charge is 0.244 e. The average molecular weight is 399 g/mol. The van der Waals surface area contributed by atoms with E-state index in [1.807, 2.05) is 13.8 Å². The summed E-state index contributed by atoms with van der Waals surface area (Å²) in [7, 11) is -3.93. The van der Waals surface area contributed by atoms with Crippen molar-refractivity contribution < 1.29 is 13.2 Å². The zero-order valence-corrected chi connectivity index (χ0v) is 15.0. The second kappa shape index (κ2) is 7.53. The Morgan fingerprint density at radius 2 is 2.05 bits per heavy atom. The second-order valence-corrected chi connectivity index (χ2v) is 7.88. The van der Waals surface area contributed by atoms with Gasteiger partial charge in [-0.2, -0.15) is 4.72 Å². The summed E-state index contributed by atoms with van der Waals surface area (Å²) < 4.78 is 27.2. The quantitative estimate of drug-likeness (QED) is 0.717. The molecule has 1 aromatic heterocycles. The van der Waals surface area contributed by atoms with Gasteiger partial charge in [0, 0.05) is 17.2 Å². The summed E-state index contributed by atoms with van der Waals surface area (Å²) in [6.07, 6.45) is 1.39. The number of nitrogens with zero attached hydrogens (tertiary/aromatic N) is 1. The van der Waals surface area contributed by atoms with E-state index in [9.17, 15) is 13.2 Å². The number of carbonyl (C=O) groups excluding carboxylic acids is 1. The van der Waals surface area contributed by atoms with Gasteiger partial charge in [-0.3, -0.25) is 4.79 Å². The van der Waals surface area contributed by atoms with Gasteiger partial charge in [-0.15, -0.1) is 0 Å². The molecule has 0 saturated carbocycles. The minimum atomic E-state index is -3.93. The maximum Gasteiger partial charge on any atom is 0.244 e. The molecular formula is C12H17BrClN3O3S. The van der Waals surface area contributed by atoms with Crippen molar-refractivity contribution in [3.05, 3.63) is 21.9 Å². The molecule has 2 N–H and O–H groups in total. The number of hydrogen-bond acceptors (Lipinski definition) is 4. The van der Waals surface area contributed by atoms with Crippen LogP contribution in [0, 0.1) is 5.92 Å². The third kappa shape index (κ3) is 5.54. The van der Waals surface area contributed by atoms with E-state index in [1.54, 1.807) is 0 Å². The third-order valence-electron chi connectivity index (χ3n) is 2.47. The molecule has 0 bridgehead atoms. The maximum absolute atomic E-state index is 12.2. The van der Waals surface area contributed by atoms with Gasteiger partial charge in [0.05, 0.1) is 6.04 Å². The second-order valence-electron chi connectivity index (χ2n) is 4.92. The molecule has 9 heteroatoms. The van der Waals surface area contributed by atoms with Crippen LogP contribution in [0.1, 0.15) is 20.8 Å². The summed E-state index contributed by atoms with van der Waals surface area (Å²) in [5.41, 5.74) is 0. The number of amides is 1. The topological polar surface area (TPSA) is 88.2 Å². The van der Waals surface area contributed by atoms with Crippen LogP contribution in [0.5, 0.6) is 0 Å². The highest BCUT2D eigenvalue weighted by Crippen LogP contribution is 2.22. The van der Waals surface area contributed by atoms with Crippen molar-refractivity contribution in [3.8, 4) is 0 Å². The maximum atomic E-state index is 12.2. The van der Waals surface area contributed by atoms with Gasteiger partial charge < -0.3 is 5.32 Å². The van der Waals surface area contributed by atoms with E-state index in [-0.39, 0.29) is 16.0 Å². The standard InChI is InChI=1S/C12H17BrClN3O3S/c1-7(2)5-16-12(18)8(3)17-21(19,20)10-4-9(13)6-15-11(10)14/h4,6-8,17H,5H2,1-3H3,(H,16,18). The third-order valence-corrected chi connectivity index (χ3v) is 4.87. The average Bonchev–Trinajstić information content (AvgIpc) is 2.37. The van der Waals surface area contributed by atoms with Crippen LogP contribution in [0.15, 0.2) is 21.6 Å². The van der Waals surface area contributed by atoms with Crippen LogP contribution in [0.25, 0.3) is 0 Å². The van der Waals surface area contributed by atoms with Crippen LogP contribution < -0.4 is 10.0 Å². The Bertz CT molecular complexity index is 622. The predicted molar refractivity (Wildman–Crippen MR) is 84.6 cm³/mol.